The summed E-state index contributed by atoms with van der Waals surface area (Å²) < 4.78 is 4.96. The van der Waals surface area contributed by atoms with E-state index in [1.165, 1.54) is 18.7 Å². The molecule has 0 bridgehead atoms. The van der Waals surface area contributed by atoms with Crippen molar-refractivity contribution in [2.75, 3.05) is 11.6 Å². The number of alkyl carbamates (subject to hydrolysis) is 1. The van der Waals surface area contributed by atoms with Crippen LogP contribution >= 0.6 is 11.8 Å². The third-order valence-electron chi connectivity index (χ3n) is 2.51. The van der Waals surface area contributed by atoms with Gasteiger partial charge < -0.3 is 20.5 Å². The molecule has 7 nitrogen and oxygen atoms in total. The van der Waals surface area contributed by atoms with E-state index >= 15 is 0 Å². The number of rotatable bonds is 8. The van der Waals surface area contributed by atoms with Crippen LogP contribution in [0.25, 0.3) is 0 Å². The summed E-state index contributed by atoms with van der Waals surface area (Å²) in [4.78, 5) is 33.4. The second-order valence-electron chi connectivity index (χ2n) is 4.34. The fourth-order valence-electron chi connectivity index (χ4n) is 1.41. The zero-order chi connectivity index (χ0) is 16.4. The molecule has 0 spiro atoms. The Morgan fingerprint density at radius 3 is 2.55 bits per heavy atom. The van der Waals surface area contributed by atoms with Gasteiger partial charge in [0, 0.05) is 12.7 Å². The standard InChI is InChI=1S/C14H18N2O5S/c1-10(17)15-9-22-8-12(13(18)19)16-14(20)21-7-11-5-3-2-4-6-11/h2-6,12H,7-9H2,1H3,(H,15,17)(H,16,20)(H,18,19)/t12-/m0/s1. The van der Waals surface area contributed by atoms with Gasteiger partial charge in [0.25, 0.3) is 0 Å². The number of ether oxygens (including phenoxy) is 1. The molecule has 1 aromatic carbocycles. The number of hydrogen-bond acceptors (Lipinski definition) is 5. The number of aliphatic carboxylic acids is 1. The molecule has 0 aliphatic carbocycles. The third kappa shape index (κ3) is 7.53. The summed E-state index contributed by atoms with van der Waals surface area (Å²) in [5.74, 6) is -0.961. The number of carbonyl (C=O) groups is 3. The maximum atomic E-state index is 11.6. The largest absolute Gasteiger partial charge is 0.480 e. The molecular formula is C14H18N2O5S. The van der Waals surface area contributed by atoms with Crippen LogP contribution in [0.15, 0.2) is 30.3 Å². The van der Waals surface area contributed by atoms with Crippen LogP contribution in [0.2, 0.25) is 0 Å². The van der Waals surface area contributed by atoms with Gasteiger partial charge in [-0.25, -0.2) is 9.59 Å². The maximum absolute atomic E-state index is 11.6. The second kappa shape index (κ2) is 9.67. The first-order valence-corrected chi connectivity index (χ1v) is 7.66. The van der Waals surface area contributed by atoms with E-state index in [0.29, 0.717) is 0 Å². The smallest absolute Gasteiger partial charge is 0.408 e. The Labute approximate surface area is 132 Å². The molecule has 1 rings (SSSR count). The summed E-state index contributed by atoms with van der Waals surface area (Å²) >= 11 is 1.19. The van der Waals surface area contributed by atoms with E-state index in [0.717, 1.165) is 5.56 Å². The number of hydrogen-bond donors (Lipinski definition) is 3. The molecule has 8 heteroatoms. The van der Waals surface area contributed by atoms with Crippen molar-refractivity contribution in [1.82, 2.24) is 10.6 Å². The normalized spacial score (nSPS) is 11.3. The topological polar surface area (TPSA) is 105 Å². The van der Waals surface area contributed by atoms with Gasteiger partial charge in [0.15, 0.2) is 0 Å². The summed E-state index contributed by atoms with van der Waals surface area (Å²) in [7, 11) is 0. The summed E-state index contributed by atoms with van der Waals surface area (Å²) in [6.07, 6.45) is -0.795. The molecule has 0 saturated heterocycles. The van der Waals surface area contributed by atoms with Gasteiger partial charge in [-0.3, -0.25) is 4.79 Å². The Morgan fingerprint density at radius 1 is 1.27 bits per heavy atom. The van der Waals surface area contributed by atoms with Crippen molar-refractivity contribution in [1.29, 1.82) is 0 Å². The first kappa shape index (κ1) is 17.8. The average Bonchev–Trinajstić information content (AvgIpc) is 2.48. The molecule has 0 aromatic heterocycles. The van der Waals surface area contributed by atoms with E-state index in [4.69, 9.17) is 9.84 Å². The van der Waals surface area contributed by atoms with Gasteiger partial charge in [-0.2, -0.15) is 0 Å². The molecule has 0 aliphatic rings. The summed E-state index contributed by atoms with van der Waals surface area (Å²) in [6.45, 7) is 1.44. The molecule has 0 aliphatic heterocycles. The van der Waals surface area contributed by atoms with Crippen molar-refractivity contribution in [3.63, 3.8) is 0 Å². The van der Waals surface area contributed by atoms with Crippen molar-refractivity contribution in [3.8, 4) is 0 Å². The Hall–Kier alpha value is -2.22. The van der Waals surface area contributed by atoms with Crippen LogP contribution < -0.4 is 10.6 Å². The fraction of sp³-hybridized carbons (Fsp3) is 0.357. The van der Waals surface area contributed by atoms with Crippen molar-refractivity contribution in [2.45, 2.75) is 19.6 Å². The van der Waals surface area contributed by atoms with Gasteiger partial charge >= 0.3 is 12.1 Å². The zero-order valence-corrected chi connectivity index (χ0v) is 12.9. The van der Waals surface area contributed by atoms with Crippen LogP contribution in [0, 0.1) is 0 Å². The van der Waals surface area contributed by atoms with E-state index in [1.807, 2.05) is 18.2 Å². The molecule has 0 radical (unpaired) electrons. The van der Waals surface area contributed by atoms with Gasteiger partial charge in [-0.1, -0.05) is 30.3 Å². The first-order chi connectivity index (χ1) is 10.5. The molecule has 0 saturated carbocycles. The predicted molar refractivity (Wildman–Crippen MR) is 82.3 cm³/mol. The molecule has 0 heterocycles. The van der Waals surface area contributed by atoms with Crippen LogP contribution in [0.1, 0.15) is 12.5 Å². The van der Waals surface area contributed by atoms with Gasteiger partial charge in [0.2, 0.25) is 5.91 Å². The van der Waals surface area contributed by atoms with E-state index in [2.05, 4.69) is 10.6 Å². The third-order valence-corrected chi connectivity index (χ3v) is 3.43. The number of amides is 2. The van der Waals surface area contributed by atoms with Crippen molar-refractivity contribution in [2.24, 2.45) is 0 Å². The predicted octanol–water partition coefficient (Wildman–Crippen LogP) is 1.19. The quantitative estimate of drug-likeness (QED) is 0.490. The average molecular weight is 326 g/mol. The number of nitrogens with one attached hydrogen (secondary N) is 2. The number of benzene rings is 1. The molecule has 120 valence electrons. The highest BCUT2D eigenvalue weighted by atomic mass is 32.2. The lowest BCUT2D eigenvalue weighted by Gasteiger charge is -2.14. The molecule has 0 unspecified atom stereocenters. The lowest BCUT2D eigenvalue weighted by atomic mass is 10.2. The molecule has 0 fully saturated rings. The van der Waals surface area contributed by atoms with Crippen molar-refractivity contribution >= 4 is 29.7 Å². The Bertz CT molecular complexity index is 509. The fourth-order valence-corrected chi connectivity index (χ4v) is 2.30. The SMILES string of the molecule is CC(=O)NCSC[C@H](NC(=O)OCc1ccccc1)C(=O)O. The van der Waals surface area contributed by atoms with Crippen LogP contribution in [-0.2, 0) is 20.9 Å². The summed E-state index contributed by atoms with van der Waals surface area (Å²) in [5, 5.41) is 13.9. The lowest BCUT2D eigenvalue weighted by molar-refractivity contribution is -0.138. The lowest BCUT2D eigenvalue weighted by Crippen LogP contribution is -2.43. The minimum Gasteiger partial charge on any atom is -0.480 e. The van der Waals surface area contributed by atoms with Gasteiger partial charge in [0.1, 0.15) is 12.6 Å². The van der Waals surface area contributed by atoms with Crippen LogP contribution in [0.4, 0.5) is 4.79 Å². The minimum absolute atomic E-state index is 0.0675. The Morgan fingerprint density at radius 2 is 1.95 bits per heavy atom. The molecule has 1 aromatic rings. The van der Waals surface area contributed by atoms with Gasteiger partial charge in [-0.15, -0.1) is 11.8 Å². The van der Waals surface area contributed by atoms with E-state index in [1.54, 1.807) is 12.1 Å². The van der Waals surface area contributed by atoms with Crippen LogP contribution in [0.3, 0.4) is 0 Å². The molecular weight excluding hydrogens is 308 g/mol. The number of carboxylic acids is 1. The second-order valence-corrected chi connectivity index (χ2v) is 5.38. The Kier molecular flexibility index (Phi) is 7.84. The monoisotopic (exact) mass is 326 g/mol. The molecule has 2 amide bonds. The number of carbonyl (C=O) groups excluding carboxylic acids is 2. The van der Waals surface area contributed by atoms with E-state index < -0.39 is 18.1 Å². The highest BCUT2D eigenvalue weighted by Crippen LogP contribution is 2.04. The summed E-state index contributed by atoms with van der Waals surface area (Å²) in [5.41, 5.74) is 0.810. The van der Waals surface area contributed by atoms with E-state index in [-0.39, 0.29) is 24.1 Å². The van der Waals surface area contributed by atoms with Gasteiger partial charge in [-0.05, 0) is 5.56 Å². The van der Waals surface area contributed by atoms with Crippen molar-refractivity contribution in [3.05, 3.63) is 35.9 Å². The zero-order valence-electron chi connectivity index (χ0n) is 12.1. The molecule has 3 N–H and O–H groups in total. The highest BCUT2D eigenvalue weighted by molar-refractivity contribution is 7.99. The van der Waals surface area contributed by atoms with Crippen LogP contribution in [-0.4, -0.2) is 40.7 Å². The first-order valence-electron chi connectivity index (χ1n) is 6.51. The number of thioether (sulfide) groups is 1. The minimum atomic E-state index is -1.16. The maximum Gasteiger partial charge on any atom is 0.408 e. The van der Waals surface area contributed by atoms with Crippen molar-refractivity contribution < 1.29 is 24.2 Å². The van der Waals surface area contributed by atoms with E-state index in [9.17, 15) is 14.4 Å². The summed E-state index contributed by atoms with van der Waals surface area (Å²) in [6, 6.07) is 7.99. The van der Waals surface area contributed by atoms with Gasteiger partial charge in [0.05, 0.1) is 5.88 Å². The highest BCUT2D eigenvalue weighted by Gasteiger charge is 2.20. The molecule has 22 heavy (non-hydrogen) atoms. The Balaban J connectivity index is 2.34. The van der Waals surface area contributed by atoms with Crippen LogP contribution in [0.5, 0.6) is 0 Å². The number of carboxylic acid groups (broad SMARTS) is 1. The molecule has 1 atom stereocenters.